The number of aryl methyl sites for hydroxylation is 1. The Labute approximate surface area is 177 Å². The first-order valence-corrected chi connectivity index (χ1v) is 9.87. The van der Waals surface area contributed by atoms with Gasteiger partial charge < -0.3 is 15.6 Å². The maximum atomic E-state index is 12.3. The van der Waals surface area contributed by atoms with Crippen LogP contribution in [0.25, 0.3) is 22.4 Å². The van der Waals surface area contributed by atoms with E-state index in [2.05, 4.69) is 35.6 Å². The van der Waals surface area contributed by atoms with Crippen LogP contribution >= 0.6 is 0 Å². The average Bonchev–Trinajstić information content (AvgIpc) is 3.48. The number of amides is 2. The average molecular weight is 416 g/mol. The summed E-state index contributed by atoms with van der Waals surface area (Å²) in [6.45, 7) is 3.13. The van der Waals surface area contributed by atoms with Gasteiger partial charge in [-0.1, -0.05) is 6.07 Å². The van der Waals surface area contributed by atoms with Crippen LogP contribution < -0.4 is 10.6 Å². The quantitative estimate of drug-likeness (QED) is 0.464. The fourth-order valence-electron chi connectivity index (χ4n) is 3.42. The number of carbonyl (C=O) groups is 1. The number of benzene rings is 1. The van der Waals surface area contributed by atoms with Gasteiger partial charge in [0.05, 0.1) is 19.5 Å². The van der Waals surface area contributed by atoms with Crippen LogP contribution in [0.1, 0.15) is 12.0 Å². The Hall–Kier alpha value is -4.05. The van der Waals surface area contributed by atoms with E-state index in [9.17, 15) is 4.79 Å². The number of aromatic amines is 1. The molecule has 31 heavy (non-hydrogen) atoms. The van der Waals surface area contributed by atoms with Crippen molar-refractivity contribution in [3.8, 4) is 11.3 Å². The summed E-state index contributed by atoms with van der Waals surface area (Å²) in [5, 5.41) is 7.59. The van der Waals surface area contributed by atoms with Gasteiger partial charge in [0.2, 0.25) is 0 Å². The van der Waals surface area contributed by atoms with E-state index in [0.29, 0.717) is 36.0 Å². The van der Waals surface area contributed by atoms with E-state index < -0.39 is 0 Å². The van der Waals surface area contributed by atoms with Crippen LogP contribution in [0.5, 0.6) is 0 Å². The molecule has 1 aliphatic heterocycles. The monoisotopic (exact) mass is 416 g/mol. The largest absolute Gasteiger partial charge is 0.345 e. The van der Waals surface area contributed by atoms with Crippen molar-refractivity contribution in [2.75, 3.05) is 23.8 Å². The maximum Gasteiger partial charge on any atom is 0.345 e. The molecule has 4 aromatic rings. The van der Waals surface area contributed by atoms with E-state index in [0.717, 1.165) is 28.8 Å². The number of hydrogen-bond donors (Lipinski definition) is 3. The molecule has 0 aliphatic carbocycles. The molecule has 5 rings (SSSR count). The third-order valence-electron chi connectivity index (χ3n) is 5.01. The van der Waals surface area contributed by atoms with E-state index in [4.69, 9.17) is 4.84 Å². The molecule has 0 unspecified atom stereocenters. The smallest absolute Gasteiger partial charge is 0.341 e. The first kappa shape index (κ1) is 18.9. The zero-order valence-electron chi connectivity index (χ0n) is 16.8. The van der Waals surface area contributed by atoms with Gasteiger partial charge in [-0.2, -0.15) is 0 Å². The summed E-state index contributed by atoms with van der Waals surface area (Å²) in [7, 11) is 0. The van der Waals surface area contributed by atoms with Crippen molar-refractivity contribution < 1.29 is 9.63 Å². The summed E-state index contributed by atoms with van der Waals surface area (Å²) in [6.07, 6.45) is 5.62. The van der Waals surface area contributed by atoms with Crippen molar-refractivity contribution in [3.05, 3.63) is 54.7 Å². The summed E-state index contributed by atoms with van der Waals surface area (Å²) in [5.41, 5.74) is 5.30. The number of imidazole rings is 1. The molecule has 0 saturated carbocycles. The third-order valence-corrected chi connectivity index (χ3v) is 5.01. The standard InChI is InChI=1S/C21H20N8O2/c1-13-5-6-14(27-21(30)29-8-3-9-31-29)10-16(13)28-19-15(4-2-7-22-19)17-18-20(25-11-23-17)26-12-24-18/h2,4-7,10-12H,3,8-9H2,1H3,(H,22,28)(H,27,30)(H,23,24,25,26). The van der Waals surface area contributed by atoms with Gasteiger partial charge in [0.25, 0.3) is 0 Å². The van der Waals surface area contributed by atoms with Crippen LogP contribution in [-0.4, -0.2) is 49.2 Å². The molecule has 4 heterocycles. The van der Waals surface area contributed by atoms with Gasteiger partial charge >= 0.3 is 6.03 Å². The minimum absolute atomic E-state index is 0.284. The molecule has 3 aromatic heterocycles. The Morgan fingerprint density at radius 3 is 3.00 bits per heavy atom. The number of anilines is 3. The molecule has 0 radical (unpaired) electrons. The molecule has 1 fully saturated rings. The highest BCUT2D eigenvalue weighted by molar-refractivity contribution is 5.92. The first-order chi connectivity index (χ1) is 15.2. The SMILES string of the molecule is Cc1ccc(NC(=O)N2CCCO2)cc1Nc1ncccc1-c1ncnc2nc[nH]c12. The van der Waals surface area contributed by atoms with Crippen LogP contribution in [0.3, 0.4) is 0 Å². The summed E-state index contributed by atoms with van der Waals surface area (Å²) in [5.74, 6) is 0.631. The van der Waals surface area contributed by atoms with E-state index in [1.807, 2.05) is 37.3 Å². The fourth-order valence-corrected chi connectivity index (χ4v) is 3.42. The lowest BCUT2D eigenvalue weighted by Crippen LogP contribution is -2.31. The Kier molecular flexibility index (Phi) is 4.89. The summed E-state index contributed by atoms with van der Waals surface area (Å²) in [6, 6.07) is 9.16. The fraction of sp³-hybridized carbons (Fsp3) is 0.190. The predicted molar refractivity (Wildman–Crippen MR) is 116 cm³/mol. The molecule has 10 nitrogen and oxygen atoms in total. The molecule has 0 bridgehead atoms. The Balaban J connectivity index is 1.45. The minimum Gasteiger partial charge on any atom is -0.341 e. The lowest BCUT2D eigenvalue weighted by Gasteiger charge is -2.17. The normalized spacial score (nSPS) is 13.5. The molecule has 2 amide bonds. The van der Waals surface area contributed by atoms with Gasteiger partial charge in [0.15, 0.2) is 5.65 Å². The Morgan fingerprint density at radius 2 is 2.13 bits per heavy atom. The van der Waals surface area contributed by atoms with Gasteiger partial charge in [-0.3, -0.25) is 4.84 Å². The van der Waals surface area contributed by atoms with Crippen molar-refractivity contribution in [1.29, 1.82) is 0 Å². The van der Waals surface area contributed by atoms with Crippen LogP contribution in [-0.2, 0) is 4.84 Å². The number of carbonyl (C=O) groups excluding carboxylic acids is 1. The molecule has 1 saturated heterocycles. The highest BCUT2D eigenvalue weighted by atomic mass is 16.7. The van der Waals surface area contributed by atoms with Crippen molar-refractivity contribution in [2.24, 2.45) is 0 Å². The van der Waals surface area contributed by atoms with Crippen LogP contribution in [0.4, 0.5) is 22.0 Å². The van der Waals surface area contributed by atoms with E-state index in [-0.39, 0.29) is 6.03 Å². The lowest BCUT2D eigenvalue weighted by atomic mass is 10.1. The number of hydrogen-bond acceptors (Lipinski definition) is 7. The minimum atomic E-state index is -0.284. The zero-order chi connectivity index (χ0) is 21.2. The molecule has 3 N–H and O–H groups in total. The number of pyridine rings is 1. The highest BCUT2D eigenvalue weighted by Gasteiger charge is 2.20. The lowest BCUT2D eigenvalue weighted by molar-refractivity contribution is -0.0614. The van der Waals surface area contributed by atoms with Crippen molar-refractivity contribution >= 4 is 34.4 Å². The predicted octanol–water partition coefficient (Wildman–Crippen LogP) is 3.64. The van der Waals surface area contributed by atoms with Crippen molar-refractivity contribution in [3.63, 3.8) is 0 Å². The Bertz CT molecular complexity index is 1250. The number of hydroxylamine groups is 2. The molecule has 0 atom stereocenters. The summed E-state index contributed by atoms with van der Waals surface area (Å²) >= 11 is 0. The van der Waals surface area contributed by atoms with Gasteiger partial charge in [-0.05, 0) is 43.2 Å². The van der Waals surface area contributed by atoms with Gasteiger partial charge in [0.1, 0.15) is 23.4 Å². The number of H-pyrrole nitrogens is 1. The highest BCUT2D eigenvalue weighted by Crippen LogP contribution is 2.32. The maximum absolute atomic E-state index is 12.3. The van der Waals surface area contributed by atoms with Crippen LogP contribution in [0.15, 0.2) is 49.2 Å². The van der Waals surface area contributed by atoms with Gasteiger partial charge in [0, 0.05) is 23.1 Å². The second-order valence-electron chi connectivity index (χ2n) is 7.10. The zero-order valence-corrected chi connectivity index (χ0v) is 16.8. The van der Waals surface area contributed by atoms with Gasteiger partial charge in [-0.15, -0.1) is 0 Å². The number of rotatable bonds is 4. The molecular formula is C21H20N8O2. The van der Waals surface area contributed by atoms with E-state index in [1.54, 1.807) is 12.5 Å². The summed E-state index contributed by atoms with van der Waals surface area (Å²) < 4.78 is 0. The van der Waals surface area contributed by atoms with Crippen LogP contribution in [0.2, 0.25) is 0 Å². The van der Waals surface area contributed by atoms with Crippen LogP contribution in [0, 0.1) is 6.92 Å². The Morgan fingerprint density at radius 1 is 1.19 bits per heavy atom. The number of aromatic nitrogens is 5. The molecule has 10 heteroatoms. The number of fused-ring (bicyclic) bond motifs is 1. The molecule has 156 valence electrons. The first-order valence-electron chi connectivity index (χ1n) is 9.87. The van der Waals surface area contributed by atoms with Gasteiger partial charge in [-0.25, -0.2) is 29.8 Å². The molecule has 1 aromatic carbocycles. The van der Waals surface area contributed by atoms with Crippen molar-refractivity contribution in [1.82, 2.24) is 30.0 Å². The third kappa shape index (κ3) is 3.76. The summed E-state index contributed by atoms with van der Waals surface area (Å²) in [4.78, 5) is 38.1. The van der Waals surface area contributed by atoms with E-state index in [1.165, 1.54) is 11.4 Å². The number of urea groups is 1. The number of nitrogens with one attached hydrogen (secondary N) is 3. The van der Waals surface area contributed by atoms with E-state index >= 15 is 0 Å². The molecule has 1 aliphatic rings. The second-order valence-corrected chi connectivity index (χ2v) is 7.10. The number of nitrogens with zero attached hydrogens (tertiary/aromatic N) is 5. The molecular weight excluding hydrogens is 396 g/mol. The topological polar surface area (TPSA) is 121 Å². The molecule has 0 spiro atoms. The second kappa shape index (κ2) is 8.00. The van der Waals surface area contributed by atoms with Crippen molar-refractivity contribution in [2.45, 2.75) is 13.3 Å².